The van der Waals surface area contributed by atoms with Crippen LogP contribution in [0.4, 0.5) is 0 Å². The average molecular weight is 255 g/mol. The molecule has 0 aromatic heterocycles. The van der Waals surface area contributed by atoms with Crippen molar-refractivity contribution in [3.05, 3.63) is 26.7 Å². The third-order valence-corrected chi connectivity index (χ3v) is 4.29. The minimum absolute atomic E-state index is 0.330. The molecule has 76 valence electrons. The van der Waals surface area contributed by atoms with E-state index < -0.39 is 0 Å². The van der Waals surface area contributed by atoms with Gasteiger partial charge in [-0.2, -0.15) is 0 Å². The molecule has 1 nitrogen and oxygen atoms in total. The number of ether oxygens (including phenoxy) is 1. The predicted molar refractivity (Wildman–Crippen MR) is 62.1 cm³/mol. The Morgan fingerprint density at radius 3 is 2.43 bits per heavy atom. The van der Waals surface area contributed by atoms with Crippen molar-refractivity contribution in [2.24, 2.45) is 0 Å². The monoisotopic (exact) mass is 254 g/mol. The highest BCUT2D eigenvalue weighted by Crippen LogP contribution is 2.40. The summed E-state index contributed by atoms with van der Waals surface area (Å²) < 4.78 is 7.08. The molecule has 0 unspecified atom stereocenters. The van der Waals surface area contributed by atoms with E-state index in [0.29, 0.717) is 6.10 Å². The summed E-state index contributed by atoms with van der Waals surface area (Å²) in [5.74, 6) is 1.12. The lowest BCUT2D eigenvalue weighted by Crippen LogP contribution is -2.05. The summed E-state index contributed by atoms with van der Waals surface area (Å²) in [6.07, 6.45) is 1.37. The van der Waals surface area contributed by atoms with Crippen molar-refractivity contribution in [2.75, 3.05) is 0 Å². The van der Waals surface area contributed by atoms with Crippen molar-refractivity contribution >= 4 is 15.9 Å². The Morgan fingerprint density at radius 1 is 1.14 bits per heavy atom. The van der Waals surface area contributed by atoms with Gasteiger partial charge in [-0.1, -0.05) is 15.9 Å². The van der Waals surface area contributed by atoms with E-state index >= 15 is 0 Å². The second-order valence-electron chi connectivity index (χ2n) is 4.13. The van der Waals surface area contributed by atoms with Gasteiger partial charge in [0.2, 0.25) is 0 Å². The molecule has 0 spiro atoms. The third kappa shape index (κ3) is 1.28. The summed E-state index contributed by atoms with van der Waals surface area (Å²) in [4.78, 5) is 0. The molecule has 2 heteroatoms. The first kappa shape index (κ1) is 10.0. The molecule has 1 atom stereocenters. The van der Waals surface area contributed by atoms with Crippen LogP contribution in [-0.2, 0) is 6.42 Å². The van der Waals surface area contributed by atoms with Gasteiger partial charge >= 0.3 is 0 Å². The van der Waals surface area contributed by atoms with Crippen LogP contribution in [0.25, 0.3) is 0 Å². The van der Waals surface area contributed by atoms with Gasteiger partial charge in [0.15, 0.2) is 0 Å². The molecule has 1 heterocycles. The van der Waals surface area contributed by atoms with Gasteiger partial charge in [0.1, 0.15) is 11.9 Å². The zero-order chi connectivity index (χ0) is 10.5. The van der Waals surface area contributed by atoms with Crippen LogP contribution in [0.1, 0.15) is 29.2 Å². The van der Waals surface area contributed by atoms with Gasteiger partial charge in [0.25, 0.3) is 0 Å². The van der Waals surface area contributed by atoms with Crippen LogP contribution in [-0.4, -0.2) is 6.10 Å². The number of hydrogen-bond donors (Lipinski definition) is 0. The molecule has 1 aromatic carbocycles. The van der Waals surface area contributed by atoms with Crippen LogP contribution in [0, 0.1) is 20.8 Å². The van der Waals surface area contributed by atoms with E-state index in [-0.39, 0.29) is 0 Å². The molecule has 2 rings (SSSR count). The van der Waals surface area contributed by atoms with Crippen molar-refractivity contribution in [2.45, 2.75) is 40.2 Å². The second-order valence-corrected chi connectivity index (χ2v) is 4.92. The van der Waals surface area contributed by atoms with Crippen LogP contribution < -0.4 is 4.74 Å². The van der Waals surface area contributed by atoms with Crippen molar-refractivity contribution < 1.29 is 4.74 Å². The SMILES string of the molecule is Cc1c(C)c2c(c(C)c1Br)C[C@H](C)O2. The van der Waals surface area contributed by atoms with Crippen LogP contribution in [0.15, 0.2) is 4.47 Å². The first-order valence-electron chi connectivity index (χ1n) is 4.97. The topological polar surface area (TPSA) is 9.23 Å². The Labute approximate surface area is 93.6 Å². The summed E-state index contributed by atoms with van der Waals surface area (Å²) in [6, 6.07) is 0. The lowest BCUT2D eigenvalue weighted by atomic mass is 9.98. The molecule has 1 aliphatic rings. The highest BCUT2D eigenvalue weighted by atomic mass is 79.9. The van der Waals surface area contributed by atoms with E-state index in [1.807, 2.05) is 0 Å². The van der Waals surface area contributed by atoms with Crippen LogP contribution >= 0.6 is 15.9 Å². The number of halogens is 1. The number of benzene rings is 1. The van der Waals surface area contributed by atoms with Crippen LogP contribution in [0.3, 0.4) is 0 Å². The Hall–Kier alpha value is -0.500. The average Bonchev–Trinajstić information content (AvgIpc) is 2.54. The Morgan fingerprint density at radius 2 is 1.79 bits per heavy atom. The first-order valence-corrected chi connectivity index (χ1v) is 5.76. The minimum atomic E-state index is 0.330. The smallest absolute Gasteiger partial charge is 0.126 e. The fourth-order valence-corrected chi connectivity index (χ4v) is 2.62. The molecule has 0 aliphatic carbocycles. The lowest BCUT2D eigenvalue weighted by molar-refractivity contribution is 0.253. The molecule has 0 N–H and O–H groups in total. The van der Waals surface area contributed by atoms with E-state index in [0.717, 1.165) is 12.2 Å². The molecule has 0 radical (unpaired) electrons. The zero-order valence-corrected chi connectivity index (χ0v) is 10.7. The maximum Gasteiger partial charge on any atom is 0.126 e. The van der Waals surface area contributed by atoms with Gasteiger partial charge in [-0.05, 0) is 44.4 Å². The molecular weight excluding hydrogens is 240 g/mol. The molecular formula is C12H15BrO. The maximum absolute atomic E-state index is 5.83. The third-order valence-electron chi connectivity index (χ3n) is 3.10. The quantitative estimate of drug-likeness (QED) is 0.686. The maximum atomic E-state index is 5.83. The highest BCUT2D eigenvalue weighted by Gasteiger charge is 2.25. The van der Waals surface area contributed by atoms with Gasteiger partial charge in [0, 0.05) is 16.5 Å². The second kappa shape index (κ2) is 3.27. The molecule has 0 amide bonds. The normalized spacial score (nSPS) is 19.4. The number of hydrogen-bond acceptors (Lipinski definition) is 1. The molecule has 0 saturated heterocycles. The van der Waals surface area contributed by atoms with Crippen LogP contribution in [0.5, 0.6) is 5.75 Å². The van der Waals surface area contributed by atoms with Crippen molar-refractivity contribution in [3.63, 3.8) is 0 Å². The minimum Gasteiger partial charge on any atom is -0.490 e. The van der Waals surface area contributed by atoms with E-state index in [1.165, 1.54) is 26.7 Å². The fourth-order valence-electron chi connectivity index (χ4n) is 2.08. The van der Waals surface area contributed by atoms with Crippen molar-refractivity contribution in [1.82, 2.24) is 0 Å². The predicted octanol–water partition coefficient (Wildman–Crippen LogP) is 3.70. The van der Waals surface area contributed by atoms with E-state index in [9.17, 15) is 0 Å². The Kier molecular flexibility index (Phi) is 2.34. The first-order chi connectivity index (χ1) is 6.52. The summed E-state index contributed by atoms with van der Waals surface area (Å²) in [5.41, 5.74) is 5.30. The lowest BCUT2D eigenvalue weighted by Gasteiger charge is -2.13. The van der Waals surface area contributed by atoms with Crippen LogP contribution in [0.2, 0.25) is 0 Å². The number of rotatable bonds is 0. The van der Waals surface area contributed by atoms with Gasteiger partial charge < -0.3 is 4.74 Å². The molecule has 14 heavy (non-hydrogen) atoms. The molecule has 1 aromatic rings. The molecule has 0 saturated carbocycles. The van der Waals surface area contributed by atoms with Gasteiger partial charge in [0.05, 0.1) is 0 Å². The van der Waals surface area contributed by atoms with Crippen molar-refractivity contribution in [3.8, 4) is 5.75 Å². The summed E-state index contributed by atoms with van der Waals surface area (Å²) in [5, 5.41) is 0. The summed E-state index contributed by atoms with van der Waals surface area (Å²) in [7, 11) is 0. The molecule has 0 fully saturated rings. The zero-order valence-electron chi connectivity index (χ0n) is 9.07. The largest absolute Gasteiger partial charge is 0.490 e. The van der Waals surface area contributed by atoms with Crippen molar-refractivity contribution in [1.29, 1.82) is 0 Å². The van der Waals surface area contributed by atoms with Gasteiger partial charge in [-0.25, -0.2) is 0 Å². The summed E-state index contributed by atoms with van der Waals surface area (Å²) >= 11 is 3.65. The van der Waals surface area contributed by atoms with Gasteiger partial charge in [-0.15, -0.1) is 0 Å². The molecule has 1 aliphatic heterocycles. The standard InChI is InChI=1S/C12H15BrO/c1-6-5-10-9(4)11(13)7(2)8(3)12(10)14-6/h6H,5H2,1-4H3/t6-/m0/s1. The Bertz CT molecular complexity index is 359. The van der Waals surface area contributed by atoms with E-state index in [2.05, 4.69) is 43.6 Å². The van der Waals surface area contributed by atoms with Gasteiger partial charge in [-0.3, -0.25) is 0 Å². The highest BCUT2D eigenvalue weighted by molar-refractivity contribution is 9.10. The number of fused-ring (bicyclic) bond motifs is 1. The summed E-state index contributed by atoms with van der Waals surface area (Å²) in [6.45, 7) is 8.56. The van der Waals surface area contributed by atoms with E-state index in [1.54, 1.807) is 0 Å². The van der Waals surface area contributed by atoms with E-state index in [4.69, 9.17) is 4.74 Å². The molecule has 0 bridgehead atoms. The fraction of sp³-hybridized carbons (Fsp3) is 0.500. The Balaban J connectivity index is 2.70.